The van der Waals surface area contributed by atoms with Gasteiger partial charge in [-0.3, -0.25) is 0 Å². The van der Waals surface area contributed by atoms with E-state index in [1.807, 2.05) is 38.1 Å². The minimum absolute atomic E-state index is 0.000647. The maximum Gasteiger partial charge on any atom is 0.154 e. The lowest BCUT2D eigenvalue weighted by molar-refractivity contribution is 0.173. The third kappa shape index (κ3) is 3.28. The first-order chi connectivity index (χ1) is 8.93. The minimum Gasteiger partial charge on any atom is -0.388 e. The number of rotatable bonds is 3. The van der Waals surface area contributed by atoms with Crippen LogP contribution in [0.3, 0.4) is 0 Å². The van der Waals surface area contributed by atoms with Gasteiger partial charge in [-0.1, -0.05) is 19.1 Å². The van der Waals surface area contributed by atoms with E-state index < -0.39 is 15.9 Å². The molecule has 4 nitrogen and oxygen atoms in total. The standard InChI is InChI=1S/C14H21NO3S/c1-3-14(16)12-4-6-13(7-5-12)15-8-9-19(17,18)10-11(15)2/h4-7,11,14,16H,3,8-10H2,1-2H3/t11?,14-/m0/s1. The van der Waals surface area contributed by atoms with Crippen LogP contribution in [0.1, 0.15) is 31.9 Å². The predicted octanol–water partition coefficient (Wildman–Crippen LogP) is 1.75. The van der Waals surface area contributed by atoms with Crippen LogP contribution in [-0.4, -0.2) is 37.6 Å². The molecule has 0 spiro atoms. The van der Waals surface area contributed by atoms with E-state index in [9.17, 15) is 13.5 Å². The summed E-state index contributed by atoms with van der Waals surface area (Å²) in [5.41, 5.74) is 1.93. The Morgan fingerprint density at radius 2 is 2.00 bits per heavy atom. The zero-order valence-electron chi connectivity index (χ0n) is 11.4. The van der Waals surface area contributed by atoms with E-state index in [4.69, 9.17) is 0 Å². The van der Waals surface area contributed by atoms with Crippen molar-refractivity contribution in [3.8, 4) is 0 Å². The summed E-state index contributed by atoms with van der Waals surface area (Å²) in [6.45, 7) is 4.42. The van der Waals surface area contributed by atoms with Crippen molar-refractivity contribution in [1.82, 2.24) is 0 Å². The van der Waals surface area contributed by atoms with Gasteiger partial charge >= 0.3 is 0 Å². The number of hydrogen-bond acceptors (Lipinski definition) is 4. The molecule has 0 aromatic heterocycles. The maximum atomic E-state index is 11.6. The van der Waals surface area contributed by atoms with Crippen LogP contribution < -0.4 is 4.90 Å². The van der Waals surface area contributed by atoms with Crippen LogP contribution in [0.15, 0.2) is 24.3 Å². The van der Waals surface area contributed by atoms with Gasteiger partial charge in [0.15, 0.2) is 9.84 Å². The Balaban J connectivity index is 2.15. The van der Waals surface area contributed by atoms with E-state index in [1.165, 1.54) is 0 Å². The van der Waals surface area contributed by atoms with Crippen molar-refractivity contribution in [1.29, 1.82) is 0 Å². The van der Waals surface area contributed by atoms with Crippen molar-refractivity contribution in [2.24, 2.45) is 0 Å². The molecule has 0 saturated carbocycles. The number of sulfone groups is 1. The molecule has 1 aliphatic rings. The average Bonchev–Trinajstić information content (AvgIpc) is 2.37. The van der Waals surface area contributed by atoms with Crippen LogP contribution in [-0.2, 0) is 9.84 Å². The van der Waals surface area contributed by atoms with Crippen LogP contribution in [0.2, 0.25) is 0 Å². The Bertz CT molecular complexity index is 524. The van der Waals surface area contributed by atoms with Crippen molar-refractivity contribution in [3.05, 3.63) is 29.8 Å². The Morgan fingerprint density at radius 1 is 1.37 bits per heavy atom. The second-order valence-corrected chi connectivity index (χ2v) is 7.40. The zero-order chi connectivity index (χ0) is 14.0. The third-order valence-corrected chi connectivity index (χ3v) is 5.46. The highest BCUT2D eigenvalue weighted by Crippen LogP contribution is 2.24. The van der Waals surface area contributed by atoms with Gasteiger partial charge in [0, 0.05) is 18.3 Å². The van der Waals surface area contributed by atoms with E-state index in [1.54, 1.807) is 0 Å². The van der Waals surface area contributed by atoms with Gasteiger partial charge in [-0.25, -0.2) is 8.42 Å². The average molecular weight is 283 g/mol. The van der Waals surface area contributed by atoms with Crippen molar-refractivity contribution in [2.45, 2.75) is 32.4 Å². The summed E-state index contributed by atoms with van der Waals surface area (Å²) in [7, 11) is -2.88. The van der Waals surface area contributed by atoms with Crippen molar-refractivity contribution in [2.75, 3.05) is 23.0 Å². The Morgan fingerprint density at radius 3 is 2.53 bits per heavy atom. The zero-order valence-corrected chi connectivity index (χ0v) is 12.2. The first kappa shape index (κ1) is 14.3. The van der Waals surface area contributed by atoms with Crippen LogP contribution in [0.4, 0.5) is 5.69 Å². The summed E-state index contributed by atoms with van der Waals surface area (Å²) < 4.78 is 23.1. The fourth-order valence-electron chi connectivity index (χ4n) is 2.51. The number of benzene rings is 1. The fourth-order valence-corrected chi connectivity index (χ4v) is 4.06. The number of aliphatic hydroxyl groups is 1. The molecule has 1 aromatic carbocycles. The van der Waals surface area contributed by atoms with E-state index in [2.05, 4.69) is 4.90 Å². The minimum atomic E-state index is -2.88. The van der Waals surface area contributed by atoms with Gasteiger partial charge in [-0.05, 0) is 31.0 Å². The Hall–Kier alpha value is -1.07. The lowest BCUT2D eigenvalue weighted by Crippen LogP contribution is -2.47. The largest absolute Gasteiger partial charge is 0.388 e. The molecule has 2 rings (SSSR count). The number of nitrogens with zero attached hydrogens (tertiary/aromatic N) is 1. The van der Waals surface area contributed by atoms with Gasteiger partial charge in [0.1, 0.15) is 0 Å². The molecule has 0 bridgehead atoms. The second kappa shape index (κ2) is 5.51. The number of hydrogen-bond donors (Lipinski definition) is 1. The molecule has 0 amide bonds. The third-order valence-electron chi connectivity index (χ3n) is 3.67. The van der Waals surface area contributed by atoms with Crippen molar-refractivity contribution in [3.63, 3.8) is 0 Å². The topological polar surface area (TPSA) is 57.6 Å². The first-order valence-corrected chi connectivity index (χ1v) is 8.50. The van der Waals surface area contributed by atoms with Gasteiger partial charge in [-0.2, -0.15) is 0 Å². The molecule has 5 heteroatoms. The SMILES string of the molecule is CC[C@H](O)c1ccc(N2CCS(=O)(=O)CC2C)cc1. The highest BCUT2D eigenvalue weighted by atomic mass is 32.2. The molecule has 1 aliphatic heterocycles. The summed E-state index contributed by atoms with van der Waals surface area (Å²) in [5, 5.41) is 9.76. The summed E-state index contributed by atoms with van der Waals surface area (Å²) in [6.07, 6.45) is 0.269. The molecule has 19 heavy (non-hydrogen) atoms. The van der Waals surface area contributed by atoms with Gasteiger partial charge < -0.3 is 10.0 Å². The van der Waals surface area contributed by atoms with Crippen molar-refractivity contribution >= 4 is 15.5 Å². The predicted molar refractivity (Wildman–Crippen MR) is 77.2 cm³/mol. The lowest BCUT2D eigenvalue weighted by atomic mass is 10.1. The van der Waals surface area contributed by atoms with Gasteiger partial charge in [0.25, 0.3) is 0 Å². The summed E-state index contributed by atoms with van der Waals surface area (Å²) in [6, 6.07) is 7.75. The summed E-state index contributed by atoms with van der Waals surface area (Å²) >= 11 is 0. The van der Waals surface area contributed by atoms with Crippen LogP contribution in [0.25, 0.3) is 0 Å². The van der Waals surface area contributed by atoms with Gasteiger partial charge in [-0.15, -0.1) is 0 Å². The number of aliphatic hydroxyl groups excluding tert-OH is 1. The normalized spacial score (nSPS) is 24.2. The quantitative estimate of drug-likeness (QED) is 0.918. The van der Waals surface area contributed by atoms with Gasteiger partial charge in [0.2, 0.25) is 0 Å². The molecule has 1 aromatic rings. The van der Waals surface area contributed by atoms with E-state index in [-0.39, 0.29) is 17.5 Å². The van der Waals surface area contributed by atoms with Crippen molar-refractivity contribution < 1.29 is 13.5 Å². The number of anilines is 1. The molecule has 0 radical (unpaired) electrons. The first-order valence-electron chi connectivity index (χ1n) is 6.68. The molecular formula is C14H21NO3S. The highest BCUT2D eigenvalue weighted by molar-refractivity contribution is 7.91. The van der Waals surface area contributed by atoms with Crippen LogP contribution in [0.5, 0.6) is 0 Å². The van der Waals surface area contributed by atoms with E-state index >= 15 is 0 Å². The van der Waals surface area contributed by atoms with Gasteiger partial charge in [0.05, 0.1) is 17.6 Å². The molecule has 1 N–H and O–H groups in total. The second-order valence-electron chi connectivity index (χ2n) is 5.17. The molecule has 1 fully saturated rings. The molecule has 2 atom stereocenters. The van der Waals surface area contributed by atoms with Crippen LogP contribution in [0, 0.1) is 0 Å². The lowest BCUT2D eigenvalue weighted by Gasteiger charge is -2.35. The smallest absolute Gasteiger partial charge is 0.154 e. The Kier molecular flexibility index (Phi) is 4.16. The monoisotopic (exact) mass is 283 g/mol. The molecule has 1 saturated heterocycles. The van der Waals surface area contributed by atoms with Crippen LogP contribution >= 0.6 is 0 Å². The molecule has 106 valence electrons. The summed E-state index contributed by atoms with van der Waals surface area (Å²) in [5.74, 6) is 0.434. The summed E-state index contributed by atoms with van der Waals surface area (Å²) in [4.78, 5) is 2.11. The molecule has 0 aliphatic carbocycles. The Labute approximate surface area is 115 Å². The van der Waals surface area contributed by atoms with E-state index in [0.717, 1.165) is 11.3 Å². The maximum absolute atomic E-state index is 11.6. The van der Waals surface area contributed by atoms with E-state index in [0.29, 0.717) is 13.0 Å². The fraction of sp³-hybridized carbons (Fsp3) is 0.571. The highest BCUT2D eigenvalue weighted by Gasteiger charge is 2.28. The molecule has 1 heterocycles. The molecule has 1 unspecified atom stereocenters. The molecular weight excluding hydrogens is 262 g/mol.